The molecule has 2 N–H and O–H groups in total. The molecule has 2 saturated carbocycles. The van der Waals surface area contributed by atoms with Crippen LogP contribution in [0.1, 0.15) is 67.4 Å². The molecule has 0 aromatic carbocycles. The van der Waals surface area contributed by atoms with Crippen molar-refractivity contribution in [3.63, 3.8) is 0 Å². The molecule has 0 spiro atoms. The van der Waals surface area contributed by atoms with Crippen molar-refractivity contribution >= 4 is 11.7 Å². The Morgan fingerprint density at radius 1 is 1.26 bits per heavy atom. The molecule has 2 aromatic rings. The van der Waals surface area contributed by atoms with Crippen molar-refractivity contribution in [2.24, 2.45) is 5.92 Å². The van der Waals surface area contributed by atoms with Gasteiger partial charge < -0.3 is 10.6 Å². The molecule has 2 atom stereocenters. The quantitative estimate of drug-likeness (QED) is 0.863. The van der Waals surface area contributed by atoms with Crippen molar-refractivity contribution in [2.75, 3.05) is 5.32 Å². The lowest BCUT2D eigenvalue weighted by molar-refractivity contribution is 0.0966. The molecule has 0 bridgehead atoms. The predicted molar refractivity (Wildman–Crippen MR) is 99.9 cm³/mol. The van der Waals surface area contributed by atoms with E-state index >= 15 is 4.39 Å². The average molecular weight is 369 g/mol. The molecule has 1 amide bonds. The largest absolute Gasteiger partial charge is 0.365 e. The molecule has 0 unspecified atom stereocenters. The molecule has 0 radical (unpaired) electrons. The van der Waals surface area contributed by atoms with Crippen LogP contribution in [-0.4, -0.2) is 26.7 Å². The van der Waals surface area contributed by atoms with Crippen molar-refractivity contribution in [1.82, 2.24) is 20.1 Å². The summed E-state index contributed by atoms with van der Waals surface area (Å²) in [5.74, 6) is 0.0785. The van der Waals surface area contributed by atoms with Crippen LogP contribution in [0.2, 0.25) is 0 Å². The van der Waals surface area contributed by atoms with Gasteiger partial charge in [0.05, 0.1) is 23.5 Å². The third-order valence-electron chi connectivity index (χ3n) is 6.12. The molecule has 7 heteroatoms. The summed E-state index contributed by atoms with van der Waals surface area (Å²) in [6.45, 7) is 2.41. The van der Waals surface area contributed by atoms with Gasteiger partial charge in [0, 0.05) is 29.9 Å². The first-order chi connectivity index (χ1) is 13.1. The van der Waals surface area contributed by atoms with Gasteiger partial charge in [-0.3, -0.25) is 9.48 Å². The summed E-state index contributed by atoms with van der Waals surface area (Å²) in [6.07, 6.45) is 10.5. The second kappa shape index (κ2) is 6.32. The van der Waals surface area contributed by atoms with Crippen LogP contribution in [-0.2, 0) is 6.54 Å². The van der Waals surface area contributed by atoms with Gasteiger partial charge in [-0.1, -0.05) is 19.8 Å². The topological polar surface area (TPSA) is 71.8 Å². The first kappa shape index (κ1) is 16.7. The van der Waals surface area contributed by atoms with E-state index in [1.54, 1.807) is 6.20 Å². The van der Waals surface area contributed by atoms with Crippen LogP contribution >= 0.6 is 0 Å². The Kier molecular flexibility index (Phi) is 3.91. The zero-order chi connectivity index (χ0) is 18.5. The first-order valence-corrected chi connectivity index (χ1v) is 9.93. The zero-order valence-corrected chi connectivity index (χ0v) is 15.5. The number of hydrogen-bond acceptors (Lipinski definition) is 4. The van der Waals surface area contributed by atoms with E-state index in [0.717, 1.165) is 37.7 Å². The van der Waals surface area contributed by atoms with Crippen LogP contribution in [0, 0.1) is 11.7 Å². The number of anilines is 1. The third kappa shape index (κ3) is 2.89. The van der Waals surface area contributed by atoms with Crippen LogP contribution in [0.5, 0.6) is 0 Å². The minimum absolute atomic E-state index is 0.210. The SMILES string of the molecule is C[C@H]1CCCC[C@H]1Nc1nc(-c2cnn(C3CC3)c2)c2c(c1F)CNC2=O. The summed E-state index contributed by atoms with van der Waals surface area (Å²) in [6, 6.07) is 0.660. The molecular weight excluding hydrogens is 345 g/mol. The predicted octanol–water partition coefficient (Wildman–Crippen LogP) is 3.65. The smallest absolute Gasteiger partial charge is 0.254 e. The van der Waals surface area contributed by atoms with Crippen LogP contribution in [0.15, 0.2) is 12.4 Å². The molecule has 2 aliphatic carbocycles. The van der Waals surface area contributed by atoms with Gasteiger partial charge in [0.15, 0.2) is 11.6 Å². The Bertz CT molecular complexity index is 904. The molecule has 3 aliphatic rings. The van der Waals surface area contributed by atoms with Crippen LogP contribution in [0.4, 0.5) is 10.2 Å². The van der Waals surface area contributed by atoms with E-state index < -0.39 is 5.82 Å². The molecule has 2 fully saturated rings. The Hall–Kier alpha value is -2.44. The number of fused-ring (bicyclic) bond motifs is 1. The van der Waals surface area contributed by atoms with Crippen LogP contribution in [0.25, 0.3) is 11.3 Å². The zero-order valence-electron chi connectivity index (χ0n) is 15.5. The number of aromatic nitrogens is 3. The highest BCUT2D eigenvalue weighted by atomic mass is 19.1. The summed E-state index contributed by atoms with van der Waals surface area (Å²) < 4.78 is 17.1. The lowest BCUT2D eigenvalue weighted by atomic mass is 9.86. The summed E-state index contributed by atoms with van der Waals surface area (Å²) in [5, 5.41) is 10.5. The number of nitrogens with one attached hydrogen (secondary N) is 2. The van der Waals surface area contributed by atoms with Gasteiger partial charge in [0.2, 0.25) is 0 Å². The third-order valence-corrected chi connectivity index (χ3v) is 6.12. The second-order valence-electron chi connectivity index (χ2n) is 8.11. The Morgan fingerprint density at radius 2 is 2.07 bits per heavy atom. The maximum Gasteiger partial charge on any atom is 0.254 e. The van der Waals surface area contributed by atoms with Crippen molar-refractivity contribution in [3.05, 3.63) is 29.3 Å². The molecule has 5 rings (SSSR count). The van der Waals surface area contributed by atoms with E-state index in [4.69, 9.17) is 0 Å². The normalized spacial score (nSPS) is 24.6. The van der Waals surface area contributed by atoms with Crippen LogP contribution in [0.3, 0.4) is 0 Å². The van der Waals surface area contributed by atoms with Gasteiger partial charge >= 0.3 is 0 Å². The van der Waals surface area contributed by atoms with E-state index in [-0.39, 0.29) is 24.3 Å². The average Bonchev–Trinajstić information content (AvgIpc) is 3.27. The van der Waals surface area contributed by atoms with Crippen LogP contribution < -0.4 is 10.6 Å². The molecule has 142 valence electrons. The van der Waals surface area contributed by atoms with Gasteiger partial charge in [-0.05, 0) is 31.6 Å². The number of carbonyl (C=O) groups is 1. The Morgan fingerprint density at radius 3 is 2.85 bits per heavy atom. The highest BCUT2D eigenvalue weighted by molar-refractivity contribution is 6.04. The second-order valence-corrected chi connectivity index (χ2v) is 8.11. The number of nitrogens with zero attached hydrogens (tertiary/aromatic N) is 3. The number of hydrogen-bond donors (Lipinski definition) is 2. The van der Waals surface area contributed by atoms with E-state index in [1.807, 2.05) is 10.9 Å². The van der Waals surface area contributed by atoms with Gasteiger partial charge in [-0.25, -0.2) is 9.37 Å². The fourth-order valence-corrected chi connectivity index (χ4v) is 4.29. The fourth-order valence-electron chi connectivity index (χ4n) is 4.29. The standard InChI is InChI=1S/C20H24FN5O/c1-11-4-2-3-5-15(11)24-19-17(21)14-9-22-20(27)16(14)18(25-19)12-8-23-26(10-12)13-6-7-13/h8,10-11,13,15H,2-7,9H2,1H3,(H,22,27)(H,24,25)/t11-,15+/m0/s1. The highest BCUT2D eigenvalue weighted by Crippen LogP contribution is 2.37. The summed E-state index contributed by atoms with van der Waals surface area (Å²) in [7, 11) is 0. The van der Waals surface area contributed by atoms with E-state index in [9.17, 15) is 4.79 Å². The number of amides is 1. The first-order valence-electron chi connectivity index (χ1n) is 9.93. The summed E-state index contributed by atoms with van der Waals surface area (Å²) >= 11 is 0. The molecule has 27 heavy (non-hydrogen) atoms. The number of pyridine rings is 1. The van der Waals surface area contributed by atoms with Crippen molar-refractivity contribution in [3.8, 4) is 11.3 Å². The summed E-state index contributed by atoms with van der Waals surface area (Å²) in [4.78, 5) is 16.9. The van der Waals surface area contributed by atoms with Crippen molar-refractivity contribution in [1.29, 1.82) is 0 Å². The molecule has 3 heterocycles. The molecule has 2 aromatic heterocycles. The maximum atomic E-state index is 15.1. The number of rotatable bonds is 4. The lowest BCUT2D eigenvalue weighted by Gasteiger charge is -2.30. The molecular formula is C20H24FN5O. The molecule has 6 nitrogen and oxygen atoms in total. The minimum atomic E-state index is -0.403. The monoisotopic (exact) mass is 369 g/mol. The Balaban J connectivity index is 1.56. The lowest BCUT2D eigenvalue weighted by Crippen LogP contribution is -2.31. The van der Waals surface area contributed by atoms with Crippen molar-refractivity contribution in [2.45, 2.75) is 64.1 Å². The Labute approximate surface area is 157 Å². The van der Waals surface area contributed by atoms with Gasteiger partial charge in [0.1, 0.15) is 0 Å². The fraction of sp³-hybridized carbons (Fsp3) is 0.550. The maximum absolute atomic E-state index is 15.1. The van der Waals surface area contributed by atoms with E-state index in [0.29, 0.717) is 28.8 Å². The molecule has 1 aliphatic heterocycles. The highest BCUT2D eigenvalue weighted by Gasteiger charge is 2.33. The van der Waals surface area contributed by atoms with E-state index in [1.165, 1.54) is 6.42 Å². The number of halogens is 1. The summed E-state index contributed by atoms with van der Waals surface area (Å²) in [5.41, 5.74) is 2.06. The van der Waals surface area contributed by atoms with Gasteiger partial charge in [0.25, 0.3) is 5.91 Å². The minimum Gasteiger partial charge on any atom is -0.365 e. The van der Waals surface area contributed by atoms with Gasteiger partial charge in [-0.15, -0.1) is 0 Å². The van der Waals surface area contributed by atoms with Crippen molar-refractivity contribution < 1.29 is 9.18 Å². The number of carbonyl (C=O) groups excluding carboxylic acids is 1. The van der Waals surface area contributed by atoms with E-state index in [2.05, 4.69) is 27.6 Å². The van der Waals surface area contributed by atoms with Gasteiger partial charge in [-0.2, -0.15) is 5.10 Å². The molecule has 0 saturated heterocycles.